The highest BCUT2D eigenvalue weighted by Gasteiger charge is 2.10. The molecule has 0 saturated heterocycles. The number of carbonyl (C=O) groups is 1. The van der Waals surface area contributed by atoms with Gasteiger partial charge in [0, 0.05) is 6.42 Å². The van der Waals surface area contributed by atoms with Crippen LogP contribution in [-0.2, 0) is 11.2 Å². The Labute approximate surface area is 127 Å². The van der Waals surface area contributed by atoms with Crippen molar-refractivity contribution < 1.29 is 4.79 Å². The zero-order chi connectivity index (χ0) is 14.4. The average Bonchev–Trinajstić information content (AvgIpc) is 2.45. The molecule has 0 unspecified atom stereocenters. The van der Waals surface area contributed by atoms with Crippen LogP contribution in [0.15, 0.2) is 36.7 Å². The van der Waals surface area contributed by atoms with Gasteiger partial charge in [-0.15, -0.1) is 0 Å². The minimum atomic E-state index is -0.141. The summed E-state index contributed by atoms with van der Waals surface area (Å²) in [5.41, 5.74) is 1.21. The zero-order valence-electron chi connectivity index (χ0n) is 10.6. The molecule has 0 spiro atoms. The Kier molecular flexibility index (Phi) is 5.32. The molecule has 2 rings (SSSR count). The lowest BCUT2D eigenvalue weighted by molar-refractivity contribution is -0.116. The third-order valence-electron chi connectivity index (χ3n) is 2.72. The summed E-state index contributed by atoms with van der Waals surface area (Å²) in [5, 5.41) is 2.91. The van der Waals surface area contributed by atoms with E-state index in [1.54, 1.807) is 0 Å². The SMILES string of the molecule is O=C(CCCc1ccccc1)Nc1ncnc(Cl)c1Cl. The lowest BCUT2D eigenvalue weighted by atomic mass is 10.1. The van der Waals surface area contributed by atoms with E-state index in [-0.39, 0.29) is 21.9 Å². The van der Waals surface area contributed by atoms with Crippen molar-refractivity contribution in [2.24, 2.45) is 0 Å². The number of benzene rings is 1. The first kappa shape index (κ1) is 14.8. The van der Waals surface area contributed by atoms with Gasteiger partial charge in [-0.1, -0.05) is 53.5 Å². The molecule has 4 nitrogen and oxygen atoms in total. The van der Waals surface area contributed by atoms with E-state index in [0.29, 0.717) is 6.42 Å². The molecular formula is C14H13Cl2N3O. The third-order valence-corrected chi connectivity index (χ3v) is 3.46. The van der Waals surface area contributed by atoms with E-state index in [1.807, 2.05) is 30.3 Å². The Morgan fingerprint density at radius 3 is 2.65 bits per heavy atom. The molecule has 0 bridgehead atoms. The monoisotopic (exact) mass is 309 g/mol. The number of nitrogens with zero attached hydrogens (tertiary/aromatic N) is 2. The van der Waals surface area contributed by atoms with Crippen LogP contribution in [0.3, 0.4) is 0 Å². The van der Waals surface area contributed by atoms with Gasteiger partial charge in [0.25, 0.3) is 0 Å². The summed E-state index contributed by atoms with van der Waals surface area (Å²) in [6, 6.07) is 10.0. The fourth-order valence-corrected chi connectivity index (χ4v) is 2.01. The molecule has 1 N–H and O–H groups in total. The second-order valence-corrected chi connectivity index (χ2v) is 4.95. The summed E-state index contributed by atoms with van der Waals surface area (Å²) in [6.07, 6.45) is 3.26. The van der Waals surface area contributed by atoms with Crippen molar-refractivity contribution in [3.63, 3.8) is 0 Å². The lowest BCUT2D eigenvalue weighted by Gasteiger charge is -2.06. The zero-order valence-corrected chi connectivity index (χ0v) is 12.2. The minimum Gasteiger partial charge on any atom is -0.309 e. The van der Waals surface area contributed by atoms with Crippen LogP contribution >= 0.6 is 23.2 Å². The largest absolute Gasteiger partial charge is 0.309 e. The number of hydrogen-bond donors (Lipinski definition) is 1. The number of nitrogens with one attached hydrogen (secondary N) is 1. The molecule has 20 heavy (non-hydrogen) atoms. The Morgan fingerprint density at radius 1 is 1.15 bits per heavy atom. The van der Waals surface area contributed by atoms with Crippen LogP contribution in [0.4, 0.5) is 5.82 Å². The van der Waals surface area contributed by atoms with Crippen LogP contribution in [0.1, 0.15) is 18.4 Å². The molecule has 0 aliphatic heterocycles. The number of halogens is 2. The van der Waals surface area contributed by atoms with Crippen molar-refractivity contribution >= 4 is 34.9 Å². The highest BCUT2D eigenvalue weighted by atomic mass is 35.5. The summed E-state index contributed by atoms with van der Waals surface area (Å²) >= 11 is 11.6. The predicted molar refractivity (Wildman–Crippen MR) is 80.1 cm³/mol. The average molecular weight is 310 g/mol. The van der Waals surface area contributed by atoms with Crippen LogP contribution in [0.5, 0.6) is 0 Å². The molecule has 104 valence electrons. The van der Waals surface area contributed by atoms with E-state index >= 15 is 0 Å². The molecular weight excluding hydrogens is 297 g/mol. The van der Waals surface area contributed by atoms with Crippen molar-refractivity contribution in [2.45, 2.75) is 19.3 Å². The number of anilines is 1. The van der Waals surface area contributed by atoms with Crippen LogP contribution in [0.25, 0.3) is 0 Å². The maximum atomic E-state index is 11.8. The Bertz CT molecular complexity index is 590. The fourth-order valence-electron chi connectivity index (χ4n) is 1.73. The second kappa shape index (κ2) is 7.22. The topological polar surface area (TPSA) is 54.9 Å². The summed E-state index contributed by atoms with van der Waals surface area (Å²) in [7, 11) is 0. The van der Waals surface area contributed by atoms with E-state index in [4.69, 9.17) is 23.2 Å². The maximum absolute atomic E-state index is 11.8. The van der Waals surface area contributed by atoms with Crippen molar-refractivity contribution in [1.29, 1.82) is 0 Å². The van der Waals surface area contributed by atoms with Crippen LogP contribution in [-0.4, -0.2) is 15.9 Å². The highest BCUT2D eigenvalue weighted by molar-refractivity contribution is 6.42. The van der Waals surface area contributed by atoms with Gasteiger partial charge in [-0.2, -0.15) is 0 Å². The summed E-state index contributed by atoms with van der Waals surface area (Å²) in [6.45, 7) is 0. The van der Waals surface area contributed by atoms with Gasteiger partial charge in [-0.25, -0.2) is 9.97 Å². The highest BCUT2D eigenvalue weighted by Crippen LogP contribution is 2.25. The molecule has 6 heteroatoms. The van der Waals surface area contributed by atoms with Crippen molar-refractivity contribution in [3.05, 3.63) is 52.4 Å². The number of aromatic nitrogens is 2. The Hall–Kier alpha value is -1.65. The van der Waals surface area contributed by atoms with Gasteiger partial charge in [-0.05, 0) is 18.4 Å². The van der Waals surface area contributed by atoms with Crippen molar-refractivity contribution in [1.82, 2.24) is 9.97 Å². The van der Waals surface area contributed by atoms with Gasteiger partial charge in [0.2, 0.25) is 5.91 Å². The van der Waals surface area contributed by atoms with Crippen LogP contribution in [0, 0.1) is 0 Å². The van der Waals surface area contributed by atoms with Gasteiger partial charge in [0.1, 0.15) is 11.3 Å². The smallest absolute Gasteiger partial charge is 0.225 e. The summed E-state index contributed by atoms with van der Waals surface area (Å²) < 4.78 is 0. The summed E-state index contributed by atoms with van der Waals surface area (Å²) in [5.74, 6) is 0.106. The minimum absolute atomic E-state index is 0.126. The normalized spacial score (nSPS) is 10.3. The Balaban J connectivity index is 1.82. The van der Waals surface area contributed by atoms with E-state index in [0.717, 1.165) is 12.8 Å². The first-order valence-corrected chi connectivity index (χ1v) is 6.92. The predicted octanol–water partition coefficient (Wildman–Crippen LogP) is 3.74. The molecule has 1 heterocycles. The molecule has 1 aromatic heterocycles. The fraction of sp³-hybridized carbons (Fsp3) is 0.214. The maximum Gasteiger partial charge on any atom is 0.225 e. The number of carbonyl (C=O) groups excluding carboxylic acids is 1. The molecule has 0 radical (unpaired) electrons. The van der Waals surface area contributed by atoms with Gasteiger partial charge in [0.15, 0.2) is 11.0 Å². The molecule has 0 fully saturated rings. The molecule has 1 amide bonds. The van der Waals surface area contributed by atoms with Gasteiger partial charge >= 0.3 is 0 Å². The van der Waals surface area contributed by atoms with Crippen molar-refractivity contribution in [2.75, 3.05) is 5.32 Å². The van der Waals surface area contributed by atoms with E-state index in [2.05, 4.69) is 15.3 Å². The number of rotatable bonds is 5. The molecule has 0 saturated carbocycles. The molecule has 2 aromatic rings. The van der Waals surface area contributed by atoms with E-state index in [9.17, 15) is 4.79 Å². The third kappa shape index (κ3) is 4.18. The van der Waals surface area contributed by atoms with Crippen molar-refractivity contribution in [3.8, 4) is 0 Å². The number of aryl methyl sites for hydroxylation is 1. The van der Waals surface area contributed by atoms with Crippen LogP contribution in [0.2, 0.25) is 10.2 Å². The first-order chi connectivity index (χ1) is 9.66. The van der Waals surface area contributed by atoms with Crippen LogP contribution < -0.4 is 5.32 Å². The van der Waals surface area contributed by atoms with Gasteiger partial charge < -0.3 is 5.32 Å². The second-order valence-electron chi connectivity index (χ2n) is 4.21. The standard InChI is InChI=1S/C14H13Cl2N3O/c15-12-13(16)17-9-18-14(12)19-11(20)8-4-7-10-5-2-1-3-6-10/h1-3,5-6,9H,4,7-8H2,(H,17,18,19,20). The number of hydrogen-bond acceptors (Lipinski definition) is 3. The molecule has 1 aromatic carbocycles. The Morgan fingerprint density at radius 2 is 1.90 bits per heavy atom. The molecule has 0 aliphatic carbocycles. The van der Waals surface area contributed by atoms with Gasteiger partial charge in [0.05, 0.1) is 0 Å². The molecule has 0 atom stereocenters. The quantitative estimate of drug-likeness (QED) is 0.856. The molecule has 0 aliphatic rings. The van der Waals surface area contributed by atoms with E-state index < -0.39 is 0 Å². The first-order valence-electron chi connectivity index (χ1n) is 6.16. The van der Waals surface area contributed by atoms with Gasteiger partial charge in [-0.3, -0.25) is 4.79 Å². The summed E-state index contributed by atoms with van der Waals surface area (Å²) in [4.78, 5) is 19.4. The number of amides is 1. The lowest BCUT2D eigenvalue weighted by Crippen LogP contribution is -2.13. The van der Waals surface area contributed by atoms with E-state index in [1.165, 1.54) is 11.9 Å².